The standard InChI is InChI=1S/C31H40O6/c1-3-30(32)36-24-12-7-5-6-10-22-34-28-18-14-26(15-19-28)27-16-20-29(21-17-27)35-23-11-8-9-13-25-37-31(33)4-2/h3-4,14-21H,1-2,5-13,22-25H2. The molecule has 0 fully saturated rings. The van der Waals surface area contributed by atoms with Gasteiger partial charge in [0.1, 0.15) is 11.5 Å². The molecule has 200 valence electrons. The van der Waals surface area contributed by atoms with Gasteiger partial charge < -0.3 is 18.9 Å². The summed E-state index contributed by atoms with van der Waals surface area (Å²) >= 11 is 0. The van der Waals surface area contributed by atoms with Gasteiger partial charge in [0.15, 0.2) is 0 Å². The second-order valence-electron chi connectivity index (χ2n) is 8.67. The van der Waals surface area contributed by atoms with Crippen molar-refractivity contribution in [2.45, 2.75) is 57.8 Å². The minimum Gasteiger partial charge on any atom is -0.494 e. The first-order chi connectivity index (χ1) is 18.1. The summed E-state index contributed by atoms with van der Waals surface area (Å²) in [6.45, 7) is 9.02. The molecule has 0 spiro atoms. The smallest absolute Gasteiger partial charge is 0.330 e. The van der Waals surface area contributed by atoms with Crippen LogP contribution >= 0.6 is 0 Å². The highest BCUT2D eigenvalue weighted by molar-refractivity contribution is 5.81. The highest BCUT2D eigenvalue weighted by Gasteiger charge is 2.02. The van der Waals surface area contributed by atoms with Gasteiger partial charge in [-0.3, -0.25) is 0 Å². The van der Waals surface area contributed by atoms with Crippen LogP contribution in [0.25, 0.3) is 11.1 Å². The van der Waals surface area contributed by atoms with E-state index in [9.17, 15) is 9.59 Å². The van der Waals surface area contributed by atoms with Gasteiger partial charge in [-0.2, -0.15) is 0 Å². The number of esters is 2. The molecule has 0 aromatic heterocycles. The number of benzene rings is 2. The molecule has 37 heavy (non-hydrogen) atoms. The summed E-state index contributed by atoms with van der Waals surface area (Å²) in [6, 6.07) is 16.3. The summed E-state index contributed by atoms with van der Waals surface area (Å²) in [7, 11) is 0. The van der Waals surface area contributed by atoms with Gasteiger partial charge in [-0.1, -0.05) is 56.7 Å². The Balaban J connectivity index is 1.56. The van der Waals surface area contributed by atoms with Gasteiger partial charge in [0.2, 0.25) is 0 Å². The Morgan fingerprint density at radius 2 is 0.838 bits per heavy atom. The van der Waals surface area contributed by atoms with Crippen LogP contribution in [0, 0.1) is 0 Å². The van der Waals surface area contributed by atoms with Gasteiger partial charge in [0, 0.05) is 12.2 Å². The first kappa shape index (κ1) is 29.7. The molecule has 2 rings (SSSR count). The van der Waals surface area contributed by atoms with Gasteiger partial charge >= 0.3 is 11.9 Å². The van der Waals surface area contributed by atoms with E-state index < -0.39 is 0 Å². The first-order valence-corrected chi connectivity index (χ1v) is 13.2. The molecule has 2 aromatic carbocycles. The summed E-state index contributed by atoms with van der Waals surface area (Å²) in [5.74, 6) is 1.02. The molecular weight excluding hydrogens is 468 g/mol. The van der Waals surface area contributed by atoms with Crippen molar-refractivity contribution in [2.75, 3.05) is 26.4 Å². The SMILES string of the molecule is C=CC(=O)OCCCCCCCOc1ccc(-c2ccc(OCCCCCCOC(=O)C=C)cc2)cc1. The number of hydrogen-bond acceptors (Lipinski definition) is 6. The summed E-state index contributed by atoms with van der Waals surface area (Å²) in [5.41, 5.74) is 2.26. The van der Waals surface area contributed by atoms with Crippen LogP contribution in [0.3, 0.4) is 0 Å². The Kier molecular flexibility index (Phi) is 15.0. The van der Waals surface area contributed by atoms with Crippen molar-refractivity contribution in [3.63, 3.8) is 0 Å². The average molecular weight is 509 g/mol. The lowest BCUT2D eigenvalue weighted by Crippen LogP contribution is -2.02. The largest absolute Gasteiger partial charge is 0.494 e. The van der Waals surface area contributed by atoms with Crippen molar-refractivity contribution in [3.8, 4) is 22.6 Å². The van der Waals surface area contributed by atoms with Crippen LogP contribution in [0.4, 0.5) is 0 Å². The number of hydrogen-bond donors (Lipinski definition) is 0. The average Bonchev–Trinajstić information content (AvgIpc) is 2.93. The lowest BCUT2D eigenvalue weighted by atomic mass is 10.1. The molecule has 6 nitrogen and oxygen atoms in total. The third-order valence-corrected chi connectivity index (χ3v) is 5.73. The Morgan fingerprint density at radius 1 is 0.514 bits per heavy atom. The molecule has 0 atom stereocenters. The van der Waals surface area contributed by atoms with Crippen LogP contribution in [-0.4, -0.2) is 38.4 Å². The Labute approximate surface area is 221 Å². The predicted molar refractivity (Wildman–Crippen MR) is 147 cm³/mol. The fraction of sp³-hybridized carbons (Fsp3) is 0.419. The fourth-order valence-electron chi connectivity index (χ4n) is 3.62. The monoisotopic (exact) mass is 508 g/mol. The van der Waals surface area contributed by atoms with Crippen molar-refractivity contribution < 1.29 is 28.5 Å². The number of unbranched alkanes of at least 4 members (excludes halogenated alkanes) is 7. The maximum atomic E-state index is 11.0. The molecule has 2 aromatic rings. The first-order valence-electron chi connectivity index (χ1n) is 13.2. The van der Waals surface area contributed by atoms with Gasteiger partial charge in [0.25, 0.3) is 0 Å². The molecular formula is C31H40O6. The van der Waals surface area contributed by atoms with E-state index in [4.69, 9.17) is 18.9 Å². The summed E-state index contributed by atoms with van der Waals surface area (Å²) in [5, 5.41) is 0. The molecule has 0 radical (unpaired) electrons. The van der Waals surface area contributed by atoms with E-state index in [0.29, 0.717) is 26.4 Å². The molecule has 0 unspecified atom stereocenters. The van der Waals surface area contributed by atoms with Crippen molar-refractivity contribution >= 4 is 11.9 Å². The lowest BCUT2D eigenvalue weighted by molar-refractivity contribution is -0.138. The Hall–Kier alpha value is -3.54. The van der Waals surface area contributed by atoms with E-state index in [1.54, 1.807) is 0 Å². The zero-order valence-electron chi connectivity index (χ0n) is 21.8. The normalized spacial score (nSPS) is 10.4. The molecule has 0 saturated carbocycles. The minimum absolute atomic E-state index is 0.355. The van der Waals surface area contributed by atoms with Gasteiger partial charge in [0.05, 0.1) is 26.4 Å². The molecule has 6 heteroatoms. The van der Waals surface area contributed by atoms with Crippen LogP contribution < -0.4 is 9.47 Å². The van der Waals surface area contributed by atoms with E-state index in [1.165, 1.54) is 12.2 Å². The Morgan fingerprint density at radius 3 is 1.19 bits per heavy atom. The third-order valence-electron chi connectivity index (χ3n) is 5.73. The van der Waals surface area contributed by atoms with E-state index in [1.807, 2.05) is 24.3 Å². The van der Waals surface area contributed by atoms with Crippen LogP contribution in [-0.2, 0) is 19.1 Å². The topological polar surface area (TPSA) is 71.1 Å². The summed E-state index contributed by atoms with van der Waals surface area (Å²) in [4.78, 5) is 21.9. The maximum Gasteiger partial charge on any atom is 0.330 e. The second-order valence-corrected chi connectivity index (χ2v) is 8.67. The zero-order chi connectivity index (χ0) is 26.6. The fourth-order valence-corrected chi connectivity index (χ4v) is 3.62. The predicted octanol–water partition coefficient (Wildman–Crippen LogP) is 7.08. The van der Waals surface area contributed by atoms with Gasteiger partial charge in [-0.25, -0.2) is 9.59 Å². The molecule has 0 heterocycles. The van der Waals surface area contributed by atoms with Crippen LogP contribution in [0.15, 0.2) is 73.8 Å². The number of ether oxygens (including phenoxy) is 4. The highest BCUT2D eigenvalue weighted by atomic mass is 16.5. The van der Waals surface area contributed by atoms with E-state index in [0.717, 1.165) is 80.4 Å². The molecule has 0 amide bonds. The molecule has 0 aliphatic heterocycles. The minimum atomic E-state index is -0.363. The van der Waals surface area contributed by atoms with Crippen molar-refractivity contribution in [2.24, 2.45) is 0 Å². The molecule has 0 bridgehead atoms. The maximum absolute atomic E-state index is 11.0. The lowest BCUT2D eigenvalue weighted by Gasteiger charge is -2.09. The molecule has 0 saturated heterocycles. The van der Waals surface area contributed by atoms with Crippen LogP contribution in [0.2, 0.25) is 0 Å². The summed E-state index contributed by atoms with van der Waals surface area (Å²) in [6.07, 6.45) is 11.4. The van der Waals surface area contributed by atoms with E-state index in [-0.39, 0.29) is 11.9 Å². The van der Waals surface area contributed by atoms with E-state index in [2.05, 4.69) is 37.4 Å². The number of carbonyl (C=O) groups is 2. The molecule has 0 aliphatic rings. The summed E-state index contributed by atoms with van der Waals surface area (Å²) < 4.78 is 21.6. The third kappa shape index (κ3) is 13.4. The Bertz CT molecular complexity index is 933. The van der Waals surface area contributed by atoms with Crippen LogP contribution in [0.5, 0.6) is 11.5 Å². The van der Waals surface area contributed by atoms with Crippen molar-refractivity contribution in [3.05, 3.63) is 73.8 Å². The quantitative estimate of drug-likeness (QED) is 0.108. The van der Waals surface area contributed by atoms with Crippen LogP contribution in [0.1, 0.15) is 57.8 Å². The van der Waals surface area contributed by atoms with Crippen molar-refractivity contribution in [1.82, 2.24) is 0 Å². The van der Waals surface area contributed by atoms with Gasteiger partial charge in [-0.05, 0) is 73.9 Å². The van der Waals surface area contributed by atoms with Crippen molar-refractivity contribution in [1.29, 1.82) is 0 Å². The molecule has 0 aliphatic carbocycles. The second kappa shape index (κ2) is 18.7. The van der Waals surface area contributed by atoms with Gasteiger partial charge in [-0.15, -0.1) is 0 Å². The number of rotatable bonds is 20. The zero-order valence-corrected chi connectivity index (χ0v) is 21.8. The number of carbonyl (C=O) groups excluding carboxylic acids is 2. The molecule has 0 N–H and O–H groups in total. The van der Waals surface area contributed by atoms with E-state index >= 15 is 0 Å². The highest BCUT2D eigenvalue weighted by Crippen LogP contribution is 2.25.